The van der Waals surface area contributed by atoms with E-state index in [2.05, 4.69) is 4.72 Å². The van der Waals surface area contributed by atoms with Crippen molar-refractivity contribution in [3.05, 3.63) is 65.7 Å². The molecule has 2 rings (SSSR count). The number of benzene rings is 2. The molecule has 0 spiro atoms. The molecule has 0 bridgehead atoms. The third-order valence-corrected chi connectivity index (χ3v) is 5.61. The molecule has 2 N–H and O–H groups in total. The Labute approximate surface area is 142 Å². The van der Waals surface area contributed by atoms with E-state index in [-0.39, 0.29) is 4.90 Å². The van der Waals surface area contributed by atoms with Gasteiger partial charge in [-0.05, 0) is 44.0 Å². The molecular formula is C18H21NO4S. The molecule has 1 unspecified atom stereocenters. The highest BCUT2D eigenvalue weighted by molar-refractivity contribution is 7.89. The molecule has 6 heteroatoms. The molecule has 0 aliphatic rings. The molecule has 0 aliphatic heterocycles. The van der Waals surface area contributed by atoms with E-state index < -0.39 is 27.4 Å². The zero-order valence-corrected chi connectivity index (χ0v) is 14.7. The van der Waals surface area contributed by atoms with Crippen LogP contribution >= 0.6 is 0 Å². The third kappa shape index (κ3) is 3.83. The van der Waals surface area contributed by atoms with Crippen LogP contribution in [0.1, 0.15) is 37.9 Å². The Hall–Kier alpha value is -2.18. The first-order valence-electron chi connectivity index (χ1n) is 7.56. The number of rotatable bonds is 6. The van der Waals surface area contributed by atoms with Crippen LogP contribution in [-0.2, 0) is 20.2 Å². The van der Waals surface area contributed by atoms with Gasteiger partial charge in [0.25, 0.3) is 0 Å². The maximum absolute atomic E-state index is 12.3. The Morgan fingerprint density at radius 2 is 1.58 bits per heavy atom. The van der Waals surface area contributed by atoms with Crippen molar-refractivity contribution in [3.63, 3.8) is 0 Å². The van der Waals surface area contributed by atoms with Crippen molar-refractivity contribution < 1.29 is 18.3 Å². The highest BCUT2D eigenvalue weighted by Crippen LogP contribution is 2.25. The first-order valence-corrected chi connectivity index (χ1v) is 9.04. The minimum atomic E-state index is -3.60. The largest absolute Gasteiger partial charge is 0.481 e. The fourth-order valence-corrected chi connectivity index (χ4v) is 3.53. The van der Waals surface area contributed by atoms with Gasteiger partial charge in [-0.25, -0.2) is 13.1 Å². The zero-order valence-electron chi connectivity index (χ0n) is 13.9. The third-order valence-electron chi connectivity index (χ3n) is 4.05. The van der Waals surface area contributed by atoms with Crippen molar-refractivity contribution in [2.24, 2.45) is 0 Å². The second-order valence-electron chi connectivity index (χ2n) is 6.21. The average Bonchev–Trinajstić information content (AvgIpc) is 2.55. The monoisotopic (exact) mass is 347 g/mol. The lowest BCUT2D eigenvalue weighted by molar-refractivity contribution is -0.142. The molecule has 0 heterocycles. The van der Waals surface area contributed by atoms with Gasteiger partial charge < -0.3 is 5.11 Å². The van der Waals surface area contributed by atoms with Gasteiger partial charge in [0.2, 0.25) is 10.0 Å². The standard InChI is InChI=1S/C18H21NO4S/c1-13(19-24(22,23)16-7-5-4-6-8-16)14-9-11-15(12-10-14)18(2,3)17(20)21/h4-13,19H,1-3H3,(H,20,21). The minimum Gasteiger partial charge on any atom is -0.481 e. The van der Waals surface area contributed by atoms with Crippen molar-refractivity contribution in [2.75, 3.05) is 0 Å². The van der Waals surface area contributed by atoms with Crippen molar-refractivity contribution >= 4 is 16.0 Å². The molecule has 1 atom stereocenters. The van der Waals surface area contributed by atoms with E-state index >= 15 is 0 Å². The van der Waals surface area contributed by atoms with Crippen LogP contribution in [0, 0.1) is 0 Å². The smallest absolute Gasteiger partial charge is 0.313 e. The second-order valence-corrected chi connectivity index (χ2v) is 7.92. The number of aliphatic carboxylic acids is 1. The Kier molecular flexibility index (Phi) is 5.11. The summed E-state index contributed by atoms with van der Waals surface area (Å²) in [6.45, 7) is 5.01. The average molecular weight is 347 g/mol. The highest BCUT2D eigenvalue weighted by atomic mass is 32.2. The molecule has 2 aromatic carbocycles. The minimum absolute atomic E-state index is 0.209. The first kappa shape index (κ1) is 18.2. The molecule has 0 radical (unpaired) electrons. The summed E-state index contributed by atoms with van der Waals surface area (Å²) >= 11 is 0. The molecule has 5 nitrogen and oxygen atoms in total. The molecule has 0 fully saturated rings. The van der Waals surface area contributed by atoms with Crippen LogP contribution in [0.25, 0.3) is 0 Å². The van der Waals surface area contributed by atoms with Crippen LogP contribution in [0.5, 0.6) is 0 Å². The SMILES string of the molecule is CC(NS(=O)(=O)c1ccccc1)c1ccc(C(C)(C)C(=O)O)cc1. The fraction of sp³-hybridized carbons (Fsp3) is 0.278. The van der Waals surface area contributed by atoms with E-state index in [4.69, 9.17) is 0 Å². The van der Waals surface area contributed by atoms with Gasteiger partial charge in [-0.1, -0.05) is 42.5 Å². The lowest BCUT2D eigenvalue weighted by Crippen LogP contribution is -2.29. The van der Waals surface area contributed by atoms with Crippen molar-refractivity contribution in [2.45, 2.75) is 37.1 Å². The molecule has 128 valence electrons. The molecule has 2 aromatic rings. The number of carboxylic acids is 1. The van der Waals surface area contributed by atoms with Crippen LogP contribution in [0.3, 0.4) is 0 Å². The summed E-state index contributed by atoms with van der Waals surface area (Å²) in [6, 6.07) is 14.7. The predicted molar refractivity (Wildman–Crippen MR) is 92.3 cm³/mol. The Morgan fingerprint density at radius 1 is 1.04 bits per heavy atom. The van der Waals surface area contributed by atoms with Crippen molar-refractivity contribution in [3.8, 4) is 0 Å². The zero-order chi connectivity index (χ0) is 18.0. The van der Waals surface area contributed by atoms with E-state index in [1.807, 2.05) is 0 Å². The number of hydrogen-bond acceptors (Lipinski definition) is 3. The van der Waals surface area contributed by atoms with E-state index in [0.29, 0.717) is 5.56 Å². The van der Waals surface area contributed by atoms with Gasteiger partial charge in [0, 0.05) is 6.04 Å². The molecule has 0 saturated carbocycles. The summed E-state index contributed by atoms with van der Waals surface area (Å²) in [5.74, 6) is -0.909. The Morgan fingerprint density at radius 3 is 2.08 bits per heavy atom. The van der Waals surface area contributed by atoms with E-state index in [9.17, 15) is 18.3 Å². The number of sulfonamides is 1. The number of carboxylic acid groups (broad SMARTS) is 1. The topological polar surface area (TPSA) is 83.5 Å². The van der Waals surface area contributed by atoms with Gasteiger partial charge in [-0.3, -0.25) is 4.79 Å². The lowest BCUT2D eigenvalue weighted by atomic mass is 9.84. The molecule has 24 heavy (non-hydrogen) atoms. The fourth-order valence-electron chi connectivity index (χ4n) is 2.28. The molecular weight excluding hydrogens is 326 g/mol. The van der Waals surface area contributed by atoms with E-state index in [1.165, 1.54) is 12.1 Å². The quantitative estimate of drug-likeness (QED) is 0.841. The number of hydrogen-bond donors (Lipinski definition) is 2. The van der Waals surface area contributed by atoms with Crippen molar-refractivity contribution in [1.82, 2.24) is 4.72 Å². The van der Waals surface area contributed by atoms with Gasteiger partial charge >= 0.3 is 5.97 Å². The van der Waals surface area contributed by atoms with Gasteiger partial charge in [0.05, 0.1) is 10.3 Å². The van der Waals surface area contributed by atoms with Gasteiger partial charge in [0.1, 0.15) is 0 Å². The predicted octanol–water partition coefficient (Wildman–Crippen LogP) is 3.09. The molecule has 0 aromatic heterocycles. The molecule has 0 saturated heterocycles. The van der Waals surface area contributed by atoms with Crippen molar-refractivity contribution in [1.29, 1.82) is 0 Å². The number of nitrogens with one attached hydrogen (secondary N) is 1. The van der Waals surface area contributed by atoms with Gasteiger partial charge in [0.15, 0.2) is 0 Å². The maximum atomic E-state index is 12.3. The lowest BCUT2D eigenvalue weighted by Gasteiger charge is -2.21. The van der Waals surface area contributed by atoms with E-state index in [1.54, 1.807) is 63.2 Å². The van der Waals surface area contributed by atoms with Crippen LogP contribution in [0.2, 0.25) is 0 Å². The van der Waals surface area contributed by atoms with Gasteiger partial charge in [-0.15, -0.1) is 0 Å². The van der Waals surface area contributed by atoms with Crippen LogP contribution in [0.15, 0.2) is 59.5 Å². The van der Waals surface area contributed by atoms with Crippen LogP contribution in [-0.4, -0.2) is 19.5 Å². The van der Waals surface area contributed by atoms with Crippen LogP contribution < -0.4 is 4.72 Å². The van der Waals surface area contributed by atoms with Gasteiger partial charge in [-0.2, -0.15) is 0 Å². The maximum Gasteiger partial charge on any atom is 0.313 e. The first-order chi connectivity index (χ1) is 11.1. The van der Waals surface area contributed by atoms with Crippen LogP contribution in [0.4, 0.5) is 0 Å². The Bertz CT molecular complexity index is 812. The summed E-state index contributed by atoms with van der Waals surface area (Å²) in [6.07, 6.45) is 0. The second kappa shape index (κ2) is 6.75. The summed E-state index contributed by atoms with van der Waals surface area (Å²) in [4.78, 5) is 11.5. The van der Waals surface area contributed by atoms with E-state index in [0.717, 1.165) is 5.56 Å². The summed E-state index contributed by atoms with van der Waals surface area (Å²) in [7, 11) is -3.60. The molecule has 0 amide bonds. The summed E-state index contributed by atoms with van der Waals surface area (Å²) in [5, 5.41) is 9.26. The number of carbonyl (C=O) groups is 1. The summed E-state index contributed by atoms with van der Waals surface area (Å²) in [5.41, 5.74) is 0.432. The normalized spacial score (nSPS) is 13.5. The molecule has 0 aliphatic carbocycles. The Balaban J connectivity index is 2.19. The highest BCUT2D eigenvalue weighted by Gasteiger charge is 2.29. The summed E-state index contributed by atoms with van der Waals surface area (Å²) < 4.78 is 27.3.